The summed E-state index contributed by atoms with van der Waals surface area (Å²) in [7, 11) is 1.91. The quantitative estimate of drug-likeness (QED) is 0.908. The average Bonchev–Trinajstić information content (AvgIpc) is 3.13. The molecule has 3 rings (SSSR count). The first kappa shape index (κ1) is 15.0. The van der Waals surface area contributed by atoms with Gasteiger partial charge in [-0.2, -0.15) is 0 Å². The molecule has 0 saturated carbocycles. The number of aryl methyl sites for hydroxylation is 2. The van der Waals surface area contributed by atoms with E-state index in [-0.39, 0.29) is 5.91 Å². The van der Waals surface area contributed by atoms with Crippen LogP contribution in [-0.2, 0) is 24.2 Å². The maximum atomic E-state index is 12.2. The van der Waals surface area contributed by atoms with E-state index < -0.39 is 0 Å². The van der Waals surface area contributed by atoms with Crippen LogP contribution in [-0.4, -0.2) is 35.9 Å². The van der Waals surface area contributed by atoms with Crippen molar-refractivity contribution in [1.29, 1.82) is 0 Å². The lowest BCUT2D eigenvalue weighted by molar-refractivity contribution is -0.130. The second-order valence-corrected chi connectivity index (χ2v) is 7.50. The van der Waals surface area contributed by atoms with Crippen molar-refractivity contribution in [3.05, 3.63) is 15.6 Å². The monoisotopic (exact) mass is 307 g/mol. The van der Waals surface area contributed by atoms with Gasteiger partial charge in [0.05, 0.1) is 12.2 Å². The van der Waals surface area contributed by atoms with E-state index in [0.717, 1.165) is 30.9 Å². The molecule has 1 aromatic heterocycles. The molecule has 0 radical (unpaired) electrons. The molecule has 5 heteroatoms. The molecule has 1 saturated heterocycles. The number of carbonyl (C=O) groups excluding carboxylic acids is 1. The molecule has 1 unspecified atom stereocenters. The third kappa shape index (κ3) is 3.83. The van der Waals surface area contributed by atoms with Crippen LogP contribution in [0.3, 0.4) is 0 Å². The van der Waals surface area contributed by atoms with Crippen LogP contribution >= 0.6 is 11.3 Å². The zero-order valence-corrected chi connectivity index (χ0v) is 13.7. The fraction of sp³-hybridized carbons (Fsp3) is 0.750. The van der Waals surface area contributed by atoms with E-state index in [9.17, 15) is 4.79 Å². The van der Waals surface area contributed by atoms with E-state index in [1.807, 2.05) is 23.3 Å². The lowest BCUT2D eigenvalue weighted by atomic mass is 10.0. The molecule has 0 aromatic carbocycles. The predicted molar refractivity (Wildman–Crippen MR) is 85.4 cm³/mol. The van der Waals surface area contributed by atoms with Gasteiger partial charge in [-0.1, -0.05) is 0 Å². The maximum Gasteiger partial charge on any atom is 0.222 e. The summed E-state index contributed by atoms with van der Waals surface area (Å²) in [5, 5.41) is 4.47. The minimum Gasteiger partial charge on any atom is -0.339 e. The maximum absolute atomic E-state index is 12.2. The van der Waals surface area contributed by atoms with Crippen molar-refractivity contribution >= 4 is 17.2 Å². The molecular weight excluding hydrogens is 282 g/mol. The number of fused-ring (bicyclic) bond motifs is 1. The number of hydrogen-bond donors (Lipinski definition) is 1. The van der Waals surface area contributed by atoms with Gasteiger partial charge >= 0.3 is 0 Å². The van der Waals surface area contributed by atoms with Crippen molar-refractivity contribution in [3.8, 4) is 0 Å². The smallest absolute Gasteiger partial charge is 0.222 e. The summed E-state index contributed by atoms with van der Waals surface area (Å²) in [5.74, 6) is 0.949. The van der Waals surface area contributed by atoms with Gasteiger partial charge in [0.15, 0.2) is 0 Å². The second kappa shape index (κ2) is 6.88. The minimum atomic E-state index is 0.259. The molecule has 1 fully saturated rings. The third-order valence-electron chi connectivity index (χ3n) is 4.62. The first-order valence-corrected chi connectivity index (χ1v) is 8.96. The summed E-state index contributed by atoms with van der Waals surface area (Å²) in [6.07, 6.45) is 7.77. The van der Waals surface area contributed by atoms with Gasteiger partial charge in [0, 0.05) is 18.3 Å². The molecular formula is C16H25N3OS. The van der Waals surface area contributed by atoms with Crippen LogP contribution in [0.5, 0.6) is 0 Å². The van der Waals surface area contributed by atoms with Crippen molar-refractivity contribution in [2.24, 2.45) is 5.92 Å². The standard InChI is InChI=1S/C16H25N3OS/c1-19(16(20)7-6-12-8-9-17-10-12)11-15-18-13-4-2-3-5-14(13)21-15/h12,17H,2-11H2,1H3. The highest BCUT2D eigenvalue weighted by Gasteiger charge is 2.19. The first-order chi connectivity index (χ1) is 10.2. The Morgan fingerprint density at radius 2 is 2.29 bits per heavy atom. The van der Waals surface area contributed by atoms with Gasteiger partial charge in [-0.3, -0.25) is 4.79 Å². The fourth-order valence-corrected chi connectivity index (χ4v) is 4.45. The highest BCUT2D eigenvalue weighted by molar-refractivity contribution is 7.11. The Morgan fingerprint density at radius 3 is 3.05 bits per heavy atom. The summed E-state index contributed by atoms with van der Waals surface area (Å²) in [5.41, 5.74) is 1.29. The molecule has 2 heterocycles. The van der Waals surface area contributed by atoms with E-state index >= 15 is 0 Å². The Labute approximate surface area is 130 Å². The van der Waals surface area contributed by atoms with Crippen molar-refractivity contribution in [2.45, 2.75) is 51.5 Å². The molecule has 1 amide bonds. The van der Waals surface area contributed by atoms with Gasteiger partial charge in [-0.05, 0) is 57.5 Å². The Balaban J connectivity index is 1.49. The van der Waals surface area contributed by atoms with E-state index in [1.54, 1.807) is 0 Å². The van der Waals surface area contributed by atoms with Gasteiger partial charge < -0.3 is 10.2 Å². The normalized spacial score (nSPS) is 21.3. The Bertz CT molecular complexity index is 470. The van der Waals surface area contributed by atoms with E-state index in [4.69, 9.17) is 4.98 Å². The number of thiazole rings is 1. The minimum absolute atomic E-state index is 0.259. The van der Waals surface area contributed by atoms with Crippen LogP contribution < -0.4 is 5.32 Å². The van der Waals surface area contributed by atoms with Crippen molar-refractivity contribution < 1.29 is 4.79 Å². The zero-order valence-electron chi connectivity index (χ0n) is 12.9. The van der Waals surface area contributed by atoms with Gasteiger partial charge in [-0.15, -0.1) is 11.3 Å². The van der Waals surface area contributed by atoms with Crippen molar-refractivity contribution in [2.75, 3.05) is 20.1 Å². The number of amides is 1. The van der Waals surface area contributed by atoms with Crippen LogP contribution in [0.1, 0.15) is 47.7 Å². The predicted octanol–water partition coefficient (Wildman–Crippen LogP) is 2.37. The van der Waals surface area contributed by atoms with Gasteiger partial charge in [0.25, 0.3) is 0 Å². The molecule has 21 heavy (non-hydrogen) atoms. The largest absolute Gasteiger partial charge is 0.339 e. The molecule has 0 spiro atoms. The molecule has 1 aliphatic carbocycles. The highest BCUT2D eigenvalue weighted by atomic mass is 32.1. The number of carbonyl (C=O) groups is 1. The van der Waals surface area contributed by atoms with Gasteiger partial charge in [0.1, 0.15) is 5.01 Å². The second-order valence-electron chi connectivity index (χ2n) is 6.33. The zero-order chi connectivity index (χ0) is 14.7. The Kier molecular flexibility index (Phi) is 4.91. The lowest BCUT2D eigenvalue weighted by Gasteiger charge is -2.16. The Hall–Kier alpha value is -0.940. The molecule has 4 nitrogen and oxygen atoms in total. The van der Waals surface area contributed by atoms with Gasteiger partial charge in [0.2, 0.25) is 5.91 Å². The summed E-state index contributed by atoms with van der Waals surface area (Å²) < 4.78 is 0. The first-order valence-electron chi connectivity index (χ1n) is 8.14. The van der Waals surface area contributed by atoms with Crippen molar-refractivity contribution in [3.63, 3.8) is 0 Å². The molecule has 0 bridgehead atoms. The molecule has 116 valence electrons. The van der Waals surface area contributed by atoms with Crippen LogP contribution in [0.25, 0.3) is 0 Å². The lowest BCUT2D eigenvalue weighted by Crippen LogP contribution is -2.26. The third-order valence-corrected chi connectivity index (χ3v) is 5.76. The Morgan fingerprint density at radius 1 is 1.43 bits per heavy atom. The molecule has 2 aliphatic rings. The van der Waals surface area contributed by atoms with Crippen molar-refractivity contribution in [1.82, 2.24) is 15.2 Å². The van der Waals surface area contributed by atoms with E-state index in [1.165, 1.54) is 36.3 Å². The number of nitrogens with one attached hydrogen (secondary N) is 1. The summed E-state index contributed by atoms with van der Waals surface area (Å²) >= 11 is 1.81. The van der Waals surface area contributed by atoms with Crippen LogP contribution in [0.15, 0.2) is 0 Å². The molecule has 1 aromatic rings. The van der Waals surface area contributed by atoms with E-state index in [0.29, 0.717) is 18.9 Å². The number of aromatic nitrogens is 1. The van der Waals surface area contributed by atoms with Gasteiger partial charge in [-0.25, -0.2) is 4.98 Å². The number of hydrogen-bond acceptors (Lipinski definition) is 4. The average molecular weight is 307 g/mol. The molecule has 1 atom stereocenters. The summed E-state index contributed by atoms with van der Waals surface area (Å²) in [6, 6.07) is 0. The van der Waals surface area contributed by atoms with E-state index in [2.05, 4.69) is 5.32 Å². The van der Waals surface area contributed by atoms with Crippen LogP contribution in [0.2, 0.25) is 0 Å². The molecule has 1 N–H and O–H groups in total. The number of rotatable bonds is 5. The SMILES string of the molecule is CN(Cc1nc2c(s1)CCCC2)C(=O)CCC1CCNC1. The molecule has 1 aliphatic heterocycles. The van der Waals surface area contributed by atoms with Crippen LogP contribution in [0.4, 0.5) is 0 Å². The summed E-state index contributed by atoms with van der Waals surface area (Å²) in [6.45, 7) is 2.87. The summed E-state index contributed by atoms with van der Waals surface area (Å²) in [4.78, 5) is 20.3. The van der Waals surface area contributed by atoms with Crippen LogP contribution in [0, 0.1) is 5.92 Å². The number of nitrogens with zero attached hydrogens (tertiary/aromatic N) is 2. The fourth-order valence-electron chi connectivity index (χ4n) is 3.24. The topological polar surface area (TPSA) is 45.2 Å². The highest BCUT2D eigenvalue weighted by Crippen LogP contribution is 2.27.